The van der Waals surface area contributed by atoms with E-state index in [1.54, 1.807) is 0 Å². The van der Waals surface area contributed by atoms with Gasteiger partial charge in [-0.05, 0) is 30.0 Å². The lowest BCUT2D eigenvalue weighted by atomic mass is 10.0. The summed E-state index contributed by atoms with van der Waals surface area (Å²) in [6.07, 6.45) is 2.50. The molecule has 17 heavy (non-hydrogen) atoms. The Kier molecular flexibility index (Phi) is 4.05. The van der Waals surface area contributed by atoms with Gasteiger partial charge in [0.25, 0.3) is 0 Å². The van der Waals surface area contributed by atoms with Crippen LogP contribution in [0, 0.1) is 0 Å². The van der Waals surface area contributed by atoms with E-state index in [0.717, 1.165) is 13.2 Å². The van der Waals surface area contributed by atoms with E-state index in [-0.39, 0.29) is 0 Å². The highest BCUT2D eigenvalue weighted by Crippen LogP contribution is 2.32. The van der Waals surface area contributed by atoms with Gasteiger partial charge in [-0.25, -0.2) is 0 Å². The second kappa shape index (κ2) is 5.36. The van der Waals surface area contributed by atoms with Crippen LogP contribution in [0.15, 0.2) is 24.3 Å². The van der Waals surface area contributed by atoms with Crippen LogP contribution in [-0.4, -0.2) is 21.3 Å². The minimum atomic E-state index is -0.931. The molecule has 1 aromatic rings. The second-order valence-corrected chi connectivity index (χ2v) is 11.9. The second-order valence-electron chi connectivity index (χ2n) is 6.32. The quantitative estimate of drug-likeness (QED) is 0.564. The van der Waals surface area contributed by atoms with Crippen molar-refractivity contribution in [3.05, 3.63) is 35.4 Å². The molecule has 1 aliphatic carbocycles. The van der Waals surface area contributed by atoms with Crippen LogP contribution in [0.3, 0.4) is 0 Å². The van der Waals surface area contributed by atoms with Crippen molar-refractivity contribution < 1.29 is 4.74 Å². The molecule has 1 unspecified atom stereocenters. The zero-order chi connectivity index (χ0) is 12.3. The first-order valence-electron chi connectivity index (χ1n) is 6.72. The Balaban J connectivity index is 1.78. The highest BCUT2D eigenvalue weighted by molar-refractivity contribution is 6.76. The van der Waals surface area contributed by atoms with E-state index in [9.17, 15) is 0 Å². The van der Waals surface area contributed by atoms with E-state index in [1.807, 2.05) is 0 Å². The number of ether oxygens (including phenoxy) is 1. The molecular weight excluding hydrogens is 224 g/mol. The summed E-state index contributed by atoms with van der Waals surface area (Å²) in [5, 5.41) is 0. The molecule has 0 amide bonds. The number of fused-ring (bicyclic) bond motifs is 1. The number of hydrogen-bond donors (Lipinski definition) is 0. The molecule has 0 heterocycles. The lowest BCUT2D eigenvalue weighted by molar-refractivity contribution is 0.131. The molecule has 0 bridgehead atoms. The summed E-state index contributed by atoms with van der Waals surface area (Å²) in [4.78, 5) is 0. The fraction of sp³-hybridized carbons (Fsp3) is 0.600. The number of aryl methyl sites for hydroxylation is 1. The molecule has 0 saturated carbocycles. The molecule has 2 rings (SSSR count). The first-order valence-corrected chi connectivity index (χ1v) is 10.4. The van der Waals surface area contributed by atoms with Crippen molar-refractivity contribution in [1.29, 1.82) is 0 Å². The first kappa shape index (κ1) is 12.8. The summed E-state index contributed by atoms with van der Waals surface area (Å²) >= 11 is 0. The monoisotopic (exact) mass is 248 g/mol. The third kappa shape index (κ3) is 3.68. The highest BCUT2D eigenvalue weighted by Gasteiger charge is 2.22. The predicted octanol–water partition coefficient (Wildman–Crippen LogP) is 4.07. The molecule has 94 valence electrons. The van der Waals surface area contributed by atoms with Crippen LogP contribution < -0.4 is 0 Å². The molecule has 1 aliphatic rings. The standard InChI is InChI=1S/C15H24OSi/c1-17(2,3)11-10-16-12-14-9-8-13-6-4-5-7-15(13)14/h4-7,14H,8-12H2,1-3H3. The molecule has 0 fully saturated rings. The highest BCUT2D eigenvalue weighted by atomic mass is 28.3. The van der Waals surface area contributed by atoms with Gasteiger partial charge in [0.15, 0.2) is 0 Å². The number of rotatable bonds is 5. The summed E-state index contributed by atoms with van der Waals surface area (Å²) < 4.78 is 5.89. The van der Waals surface area contributed by atoms with E-state index < -0.39 is 8.07 Å². The molecule has 1 nitrogen and oxygen atoms in total. The van der Waals surface area contributed by atoms with E-state index >= 15 is 0 Å². The lowest BCUT2D eigenvalue weighted by Gasteiger charge is -2.17. The van der Waals surface area contributed by atoms with Crippen LogP contribution in [0.1, 0.15) is 23.5 Å². The van der Waals surface area contributed by atoms with Gasteiger partial charge in [-0.15, -0.1) is 0 Å². The molecular formula is C15H24OSi. The van der Waals surface area contributed by atoms with Crippen molar-refractivity contribution in [2.45, 2.75) is 44.4 Å². The van der Waals surface area contributed by atoms with Gasteiger partial charge in [-0.2, -0.15) is 0 Å². The molecule has 1 atom stereocenters. The van der Waals surface area contributed by atoms with Gasteiger partial charge >= 0.3 is 0 Å². The Bertz CT molecular complexity index is 367. The topological polar surface area (TPSA) is 9.23 Å². The van der Waals surface area contributed by atoms with Gasteiger partial charge in [0.2, 0.25) is 0 Å². The largest absolute Gasteiger partial charge is 0.381 e. The lowest BCUT2D eigenvalue weighted by Crippen LogP contribution is -2.22. The SMILES string of the molecule is C[Si](C)(C)CCOCC1CCc2ccccc21. The van der Waals surface area contributed by atoms with Gasteiger partial charge in [-0.1, -0.05) is 43.9 Å². The van der Waals surface area contributed by atoms with Gasteiger partial charge in [0, 0.05) is 20.6 Å². The minimum absolute atomic E-state index is 0.646. The summed E-state index contributed by atoms with van der Waals surface area (Å²) in [6, 6.07) is 10.1. The molecule has 0 saturated heterocycles. The maximum absolute atomic E-state index is 5.89. The normalized spacial score (nSPS) is 19.4. The summed E-state index contributed by atoms with van der Waals surface area (Å²) in [7, 11) is -0.931. The predicted molar refractivity (Wildman–Crippen MR) is 76.5 cm³/mol. The Morgan fingerprint density at radius 2 is 2.00 bits per heavy atom. The molecule has 2 heteroatoms. The van der Waals surface area contributed by atoms with Crippen molar-refractivity contribution in [2.24, 2.45) is 0 Å². The van der Waals surface area contributed by atoms with Gasteiger partial charge in [0.05, 0.1) is 6.61 Å². The van der Waals surface area contributed by atoms with Crippen LogP contribution >= 0.6 is 0 Å². The van der Waals surface area contributed by atoms with Crippen molar-refractivity contribution in [2.75, 3.05) is 13.2 Å². The summed E-state index contributed by atoms with van der Waals surface area (Å²) in [5.74, 6) is 0.646. The third-order valence-corrected chi connectivity index (χ3v) is 5.28. The van der Waals surface area contributed by atoms with Crippen LogP contribution in [0.5, 0.6) is 0 Å². The maximum atomic E-state index is 5.89. The molecule has 1 aromatic carbocycles. The fourth-order valence-electron chi connectivity index (χ4n) is 2.42. The Morgan fingerprint density at radius 3 is 2.76 bits per heavy atom. The summed E-state index contributed by atoms with van der Waals surface area (Å²) in [6.45, 7) is 9.08. The van der Waals surface area contributed by atoms with Crippen molar-refractivity contribution in [3.8, 4) is 0 Å². The molecule has 0 aromatic heterocycles. The molecule has 0 spiro atoms. The Morgan fingerprint density at radius 1 is 1.24 bits per heavy atom. The average Bonchev–Trinajstić information content (AvgIpc) is 2.67. The smallest absolute Gasteiger partial charge is 0.0534 e. The zero-order valence-electron chi connectivity index (χ0n) is 11.3. The van der Waals surface area contributed by atoms with Crippen LogP contribution in [0.4, 0.5) is 0 Å². The van der Waals surface area contributed by atoms with E-state index in [1.165, 1.54) is 30.0 Å². The number of hydrogen-bond acceptors (Lipinski definition) is 1. The molecule has 0 N–H and O–H groups in total. The van der Waals surface area contributed by atoms with Crippen molar-refractivity contribution in [3.63, 3.8) is 0 Å². The minimum Gasteiger partial charge on any atom is -0.381 e. The van der Waals surface area contributed by atoms with E-state index in [0.29, 0.717) is 5.92 Å². The fourth-order valence-corrected chi connectivity index (χ4v) is 3.18. The van der Waals surface area contributed by atoms with E-state index in [4.69, 9.17) is 4.74 Å². The Hall–Kier alpha value is -0.603. The maximum Gasteiger partial charge on any atom is 0.0534 e. The first-order chi connectivity index (χ1) is 8.06. The van der Waals surface area contributed by atoms with Gasteiger partial charge in [0.1, 0.15) is 0 Å². The Labute approximate surface area is 106 Å². The zero-order valence-corrected chi connectivity index (χ0v) is 12.3. The van der Waals surface area contributed by atoms with Crippen LogP contribution in [-0.2, 0) is 11.2 Å². The van der Waals surface area contributed by atoms with Crippen molar-refractivity contribution in [1.82, 2.24) is 0 Å². The van der Waals surface area contributed by atoms with Crippen molar-refractivity contribution >= 4 is 8.07 Å². The van der Waals surface area contributed by atoms with Gasteiger partial charge in [-0.3, -0.25) is 0 Å². The van der Waals surface area contributed by atoms with Crippen LogP contribution in [0.2, 0.25) is 25.7 Å². The molecule has 0 radical (unpaired) electrons. The van der Waals surface area contributed by atoms with E-state index in [2.05, 4.69) is 43.9 Å². The van der Waals surface area contributed by atoms with Gasteiger partial charge < -0.3 is 4.74 Å². The average molecular weight is 248 g/mol. The summed E-state index contributed by atoms with van der Waals surface area (Å²) in [5.41, 5.74) is 3.06. The third-order valence-electron chi connectivity index (χ3n) is 3.57. The van der Waals surface area contributed by atoms with Crippen LogP contribution in [0.25, 0.3) is 0 Å². The number of benzene rings is 1. The molecule has 0 aliphatic heterocycles.